The Balaban J connectivity index is 1.52. The number of carbonyl (C=O) groups is 2. The van der Waals surface area contributed by atoms with Crippen LogP contribution in [0.1, 0.15) is 41.2 Å². The maximum absolute atomic E-state index is 13.2. The van der Waals surface area contributed by atoms with Crippen LogP contribution in [0.5, 0.6) is 0 Å². The third-order valence-corrected chi connectivity index (χ3v) is 10.0. The Morgan fingerprint density at radius 2 is 1.70 bits per heavy atom. The van der Waals surface area contributed by atoms with Gasteiger partial charge in [0, 0.05) is 29.9 Å². The van der Waals surface area contributed by atoms with Crippen LogP contribution in [0.25, 0.3) is 16.6 Å². The molecule has 1 aliphatic rings. The van der Waals surface area contributed by atoms with E-state index >= 15 is 0 Å². The summed E-state index contributed by atoms with van der Waals surface area (Å²) in [7, 11) is -6.73. The first-order chi connectivity index (χ1) is 20.3. The van der Waals surface area contributed by atoms with Crippen LogP contribution in [0.4, 0.5) is 10.1 Å². The van der Waals surface area contributed by atoms with E-state index in [2.05, 4.69) is 26.3 Å². The van der Waals surface area contributed by atoms with Gasteiger partial charge in [-0.15, -0.1) is 0 Å². The van der Waals surface area contributed by atoms with Gasteiger partial charge in [0.25, 0.3) is 15.9 Å². The molecule has 1 aromatic heterocycles. The van der Waals surface area contributed by atoms with Crippen LogP contribution in [0.15, 0.2) is 70.0 Å². The van der Waals surface area contributed by atoms with E-state index in [1.54, 1.807) is 24.3 Å². The van der Waals surface area contributed by atoms with Gasteiger partial charge in [0.1, 0.15) is 11.5 Å². The Morgan fingerprint density at radius 1 is 1.05 bits per heavy atom. The molecule has 0 unspecified atom stereocenters. The monoisotopic (exact) mass is 691 g/mol. The Labute approximate surface area is 256 Å². The average molecular weight is 693 g/mol. The summed E-state index contributed by atoms with van der Waals surface area (Å²) in [4.78, 5) is 25.4. The number of aromatic nitrogens is 2. The fourth-order valence-electron chi connectivity index (χ4n) is 4.72. The average Bonchev–Trinajstić information content (AvgIpc) is 3.72. The normalized spacial score (nSPS) is 13.6. The van der Waals surface area contributed by atoms with Gasteiger partial charge in [-0.3, -0.25) is 13.9 Å². The number of hydrogen-bond acceptors (Lipinski definition) is 7. The standard InChI is InChI=1S/C28H27BrFN5O6S2/c1-31-28(37)27-23-15-22(17-3-4-17)25(16-24(23)32-35(27)20-9-5-18(29)6-10-20)34(42(2,38)39)14-13-26(36)33-43(40,41)21-11-7-19(30)8-12-21/h5-12,15-17H,3-4,13-14H2,1-2H3,(H,31,37)(H,33,36). The van der Waals surface area contributed by atoms with Gasteiger partial charge in [0.05, 0.1) is 28.0 Å². The summed E-state index contributed by atoms with van der Waals surface area (Å²) in [5.74, 6) is -1.92. The summed E-state index contributed by atoms with van der Waals surface area (Å²) in [6.07, 6.45) is 2.13. The molecule has 1 heterocycles. The van der Waals surface area contributed by atoms with E-state index in [4.69, 9.17) is 0 Å². The minimum atomic E-state index is -4.29. The lowest BCUT2D eigenvalue weighted by atomic mass is 10.0. The first kappa shape index (κ1) is 30.6. The van der Waals surface area contributed by atoms with Gasteiger partial charge in [-0.2, -0.15) is 5.10 Å². The molecule has 1 fully saturated rings. The van der Waals surface area contributed by atoms with Crippen molar-refractivity contribution in [3.63, 3.8) is 0 Å². The number of halogens is 2. The van der Waals surface area contributed by atoms with Gasteiger partial charge in [0.2, 0.25) is 15.9 Å². The van der Waals surface area contributed by atoms with E-state index in [0.29, 0.717) is 27.8 Å². The highest BCUT2D eigenvalue weighted by molar-refractivity contribution is 9.10. The molecule has 1 saturated carbocycles. The highest BCUT2D eigenvalue weighted by Gasteiger charge is 2.33. The lowest BCUT2D eigenvalue weighted by molar-refractivity contribution is -0.119. The summed E-state index contributed by atoms with van der Waals surface area (Å²) >= 11 is 3.40. The van der Waals surface area contributed by atoms with Crippen LogP contribution >= 0.6 is 15.9 Å². The fourth-order valence-corrected chi connectivity index (χ4v) is 6.94. The third-order valence-electron chi connectivity index (χ3n) is 6.93. The summed E-state index contributed by atoms with van der Waals surface area (Å²) in [5, 5.41) is 7.82. The van der Waals surface area contributed by atoms with E-state index in [9.17, 15) is 30.8 Å². The minimum Gasteiger partial charge on any atom is -0.354 e. The topological polar surface area (TPSA) is 148 Å². The van der Waals surface area contributed by atoms with E-state index in [1.165, 1.54) is 11.7 Å². The fraction of sp³-hybridized carbons (Fsp3) is 0.250. The molecule has 0 radical (unpaired) electrons. The molecule has 0 spiro atoms. The van der Waals surface area contributed by atoms with Crippen LogP contribution < -0.4 is 14.3 Å². The number of carbonyl (C=O) groups excluding carboxylic acids is 2. The van der Waals surface area contributed by atoms with Gasteiger partial charge in [0.15, 0.2) is 0 Å². The molecule has 0 saturated heterocycles. The number of nitrogens with one attached hydrogen (secondary N) is 2. The Kier molecular flexibility index (Phi) is 8.33. The van der Waals surface area contributed by atoms with Gasteiger partial charge in [-0.1, -0.05) is 15.9 Å². The number of benzene rings is 3. The number of sulfonamides is 2. The number of rotatable bonds is 10. The Morgan fingerprint density at radius 3 is 2.28 bits per heavy atom. The molecule has 3 aromatic carbocycles. The molecular formula is C28H27BrFN5O6S2. The molecule has 2 N–H and O–H groups in total. The van der Waals surface area contributed by atoms with Crippen LogP contribution in [0.3, 0.4) is 0 Å². The van der Waals surface area contributed by atoms with E-state index in [1.807, 2.05) is 16.9 Å². The number of fused-ring (bicyclic) bond motifs is 1. The minimum absolute atomic E-state index is 0.0323. The Hall–Kier alpha value is -3.82. The second-order valence-electron chi connectivity index (χ2n) is 10.1. The SMILES string of the molecule is CNC(=O)c1c2cc(C3CC3)c(N(CCC(=O)NS(=O)(=O)c3ccc(F)cc3)S(C)(=O)=O)cc2nn1-c1ccc(Br)cc1. The van der Waals surface area contributed by atoms with Gasteiger partial charge >= 0.3 is 0 Å². The number of hydrogen-bond donors (Lipinski definition) is 2. The van der Waals surface area contributed by atoms with Gasteiger partial charge in [-0.25, -0.2) is 30.6 Å². The highest BCUT2D eigenvalue weighted by atomic mass is 79.9. The highest BCUT2D eigenvalue weighted by Crippen LogP contribution is 2.46. The number of amides is 2. The summed E-state index contributed by atoms with van der Waals surface area (Å²) < 4.78 is 69.8. The zero-order valence-electron chi connectivity index (χ0n) is 23.0. The molecule has 0 aliphatic heterocycles. The molecule has 0 bridgehead atoms. The van der Waals surface area contributed by atoms with Crippen molar-refractivity contribution in [2.24, 2.45) is 0 Å². The van der Waals surface area contributed by atoms with Crippen molar-refractivity contribution in [2.75, 3.05) is 24.2 Å². The Bertz CT molecular complexity index is 1940. The molecule has 0 atom stereocenters. The molecule has 4 aromatic rings. The summed E-state index contributed by atoms with van der Waals surface area (Å²) in [5.41, 5.74) is 2.24. The molecule has 43 heavy (non-hydrogen) atoms. The second-order valence-corrected chi connectivity index (χ2v) is 14.6. The lowest BCUT2D eigenvalue weighted by Gasteiger charge is -2.25. The maximum atomic E-state index is 13.2. The predicted molar refractivity (Wildman–Crippen MR) is 163 cm³/mol. The first-order valence-electron chi connectivity index (χ1n) is 13.1. The largest absolute Gasteiger partial charge is 0.354 e. The molecular weight excluding hydrogens is 665 g/mol. The van der Waals surface area contributed by atoms with Crippen molar-refractivity contribution in [3.8, 4) is 5.69 Å². The zero-order valence-corrected chi connectivity index (χ0v) is 26.3. The smallest absolute Gasteiger partial charge is 0.270 e. The molecule has 226 valence electrons. The molecule has 15 heteroatoms. The molecule has 5 rings (SSSR count). The molecule has 11 nitrogen and oxygen atoms in total. The van der Waals surface area contributed by atoms with E-state index < -0.39 is 38.2 Å². The van der Waals surface area contributed by atoms with E-state index in [0.717, 1.165) is 52.1 Å². The van der Waals surface area contributed by atoms with Crippen LogP contribution in [0.2, 0.25) is 0 Å². The van der Waals surface area contributed by atoms with Crippen molar-refractivity contribution < 1.29 is 30.8 Å². The summed E-state index contributed by atoms with van der Waals surface area (Å²) in [6, 6.07) is 14.5. The van der Waals surface area contributed by atoms with Crippen molar-refractivity contribution in [1.29, 1.82) is 0 Å². The van der Waals surface area contributed by atoms with Crippen molar-refractivity contribution in [3.05, 3.63) is 82.2 Å². The first-order valence-corrected chi connectivity index (χ1v) is 17.2. The van der Waals surface area contributed by atoms with Gasteiger partial charge in [-0.05, 0) is 85.0 Å². The maximum Gasteiger partial charge on any atom is 0.270 e. The van der Waals surface area contributed by atoms with Crippen molar-refractivity contribution in [2.45, 2.75) is 30.1 Å². The van der Waals surface area contributed by atoms with Crippen LogP contribution in [-0.4, -0.2) is 58.3 Å². The van der Waals surface area contributed by atoms with Crippen molar-refractivity contribution >= 4 is 64.4 Å². The summed E-state index contributed by atoms with van der Waals surface area (Å²) in [6.45, 7) is -0.357. The van der Waals surface area contributed by atoms with Crippen molar-refractivity contribution in [1.82, 2.24) is 19.8 Å². The number of anilines is 1. The zero-order chi connectivity index (χ0) is 31.1. The van der Waals surface area contributed by atoms with Crippen LogP contribution in [-0.2, 0) is 24.8 Å². The molecule has 1 aliphatic carbocycles. The lowest BCUT2D eigenvalue weighted by Crippen LogP contribution is -2.37. The number of nitrogens with zero attached hydrogens (tertiary/aromatic N) is 3. The van der Waals surface area contributed by atoms with E-state index in [-0.39, 0.29) is 29.0 Å². The third kappa shape index (κ3) is 6.58. The quantitative estimate of drug-likeness (QED) is 0.257. The molecule has 2 amide bonds. The van der Waals surface area contributed by atoms with Gasteiger partial charge < -0.3 is 5.32 Å². The van der Waals surface area contributed by atoms with Crippen LogP contribution in [0, 0.1) is 5.82 Å². The second kappa shape index (κ2) is 11.7. The predicted octanol–water partition coefficient (Wildman–Crippen LogP) is 3.83.